The van der Waals surface area contributed by atoms with Crippen LogP contribution in [0.4, 0.5) is 14.5 Å². The zero-order valence-corrected chi connectivity index (χ0v) is 30.3. The molecule has 2 fully saturated rings. The summed E-state index contributed by atoms with van der Waals surface area (Å²) in [6.45, 7) is 2.84. The first-order chi connectivity index (χ1) is 24.4. The molecule has 10 heteroatoms. The van der Waals surface area contributed by atoms with Crippen molar-refractivity contribution < 1.29 is 23.0 Å². The van der Waals surface area contributed by atoms with Crippen LogP contribution in [-0.2, 0) is 16.9 Å². The second-order valence-electron chi connectivity index (χ2n) is 13.6. The van der Waals surface area contributed by atoms with E-state index < -0.39 is 18.0 Å². The molecule has 6 nitrogen and oxygen atoms in total. The molecule has 1 unspecified atom stereocenters. The van der Waals surface area contributed by atoms with Crippen LogP contribution in [0.25, 0.3) is 10.9 Å². The van der Waals surface area contributed by atoms with E-state index in [4.69, 9.17) is 9.47 Å². The molecule has 0 amide bonds. The van der Waals surface area contributed by atoms with E-state index in [1.54, 1.807) is 24.3 Å². The normalized spacial score (nSPS) is 23.0. The molecule has 5 aromatic rings. The van der Waals surface area contributed by atoms with Crippen molar-refractivity contribution in [3.05, 3.63) is 122 Å². The molecule has 0 radical (unpaired) electrons. The maximum absolute atomic E-state index is 14.8. The lowest BCUT2D eigenvalue weighted by Crippen LogP contribution is -2.44. The van der Waals surface area contributed by atoms with Gasteiger partial charge in [0, 0.05) is 71.0 Å². The number of halogens is 3. The van der Waals surface area contributed by atoms with Crippen molar-refractivity contribution in [1.82, 2.24) is 9.47 Å². The Morgan fingerprint density at radius 3 is 2.48 bits per heavy atom. The average molecular weight is 804 g/mol. The molecule has 1 aromatic heterocycles. The molecule has 256 valence electrons. The number of fused-ring (bicyclic) bond motifs is 7. The molecule has 3 aliphatic heterocycles. The van der Waals surface area contributed by atoms with E-state index in [1.165, 1.54) is 43.5 Å². The molecule has 1 atom stereocenters. The number of hydrogen-bond acceptors (Lipinski definition) is 6. The van der Waals surface area contributed by atoms with Crippen molar-refractivity contribution in [3.63, 3.8) is 0 Å². The third-order valence-electron chi connectivity index (χ3n) is 10.9. The Labute approximate surface area is 307 Å². The molecule has 1 saturated heterocycles. The molecule has 9 rings (SSSR count). The molecule has 1 aliphatic carbocycles. The van der Waals surface area contributed by atoms with Gasteiger partial charge < -0.3 is 19.4 Å². The van der Waals surface area contributed by atoms with Gasteiger partial charge in [-0.3, -0.25) is 4.90 Å². The first kappa shape index (κ1) is 32.3. The predicted molar refractivity (Wildman–Crippen MR) is 202 cm³/mol. The number of carbonyl (C=O) groups is 1. The number of thioether (sulfide) groups is 1. The number of alkyl halides is 2. The minimum Gasteiger partial charge on any atom is -0.456 e. The summed E-state index contributed by atoms with van der Waals surface area (Å²) >= 11 is 4.45. The zero-order valence-electron chi connectivity index (χ0n) is 27.3. The Balaban J connectivity index is 1.09. The van der Waals surface area contributed by atoms with Gasteiger partial charge in [0.2, 0.25) is 0 Å². The first-order valence-electron chi connectivity index (χ1n) is 17.3. The summed E-state index contributed by atoms with van der Waals surface area (Å²) in [5.74, 6) is 2.69. The van der Waals surface area contributed by atoms with Crippen molar-refractivity contribution in [2.75, 3.05) is 29.9 Å². The van der Waals surface area contributed by atoms with E-state index in [0.29, 0.717) is 41.1 Å². The molecule has 4 aromatic carbocycles. The van der Waals surface area contributed by atoms with E-state index in [-0.39, 0.29) is 16.9 Å². The Kier molecular flexibility index (Phi) is 8.31. The highest BCUT2D eigenvalue weighted by Gasteiger charge is 2.56. The fourth-order valence-corrected chi connectivity index (χ4v) is 10.3. The van der Waals surface area contributed by atoms with Crippen molar-refractivity contribution in [2.24, 2.45) is 0 Å². The largest absolute Gasteiger partial charge is 0.456 e. The fourth-order valence-electron chi connectivity index (χ4n) is 8.68. The number of rotatable bonds is 6. The van der Waals surface area contributed by atoms with Crippen molar-refractivity contribution in [2.45, 2.75) is 56.3 Å². The molecule has 4 aliphatic rings. The van der Waals surface area contributed by atoms with E-state index in [1.807, 2.05) is 30.3 Å². The third kappa shape index (κ3) is 5.23. The number of anilines is 1. The summed E-state index contributed by atoms with van der Waals surface area (Å²) in [4.78, 5) is 16.4. The van der Waals surface area contributed by atoms with Crippen LogP contribution in [0, 0.1) is 3.70 Å². The van der Waals surface area contributed by atoms with Crippen LogP contribution >= 0.6 is 34.4 Å². The Morgan fingerprint density at radius 1 is 0.900 bits per heavy atom. The lowest BCUT2D eigenvalue weighted by atomic mass is 9.74. The van der Waals surface area contributed by atoms with E-state index in [2.05, 4.69) is 73.4 Å². The van der Waals surface area contributed by atoms with Crippen molar-refractivity contribution in [3.8, 4) is 11.5 Å². The summed E-state index contributed by atoms with van der Waals surface area (Å²) in [6.07, 6.45) is 1.96. The third-order valence-corrected chi connectivity index (χ3v) is 12.8. The number of carbonyl (C=O) groups excluding carboxylic acids is 1. The highest BCUT2D eigenvalue weighted by atomic mass is 127. The maximum Gasteiger partial charge on any atom is 0.340 e. The molecule has 50 heavy (non-hydrogen) atoms. The number of nitrogens with zero attached hydrogens (tertiary/aromatic N) is 2. The Bertz CT molecular complexity index is 2120. The van der Waals surface area contributed by atoms with E-state index in [9.17, 15) is 13.6 Å². The molecular weight excluding hydrogens is 767 g/mol. The van der Waals surface area contributed by atoms with Crippen molar-refractivity contribution >= 4 is 56.9 Å². The second kappa shape index (κ2) is 12.9. The highest BCUT2D eigenvalue weighted by Crippen LogP contribution is 2.58. The minimum absolute atomic E-state index is 0.181. The smallest absolute Gasteiger partial charge is 0.340 e. The van der Waals surface area contributed by atoms with Gasteiger partial charge in [-0.25, -0.2) is 13.6 Å². The van der Waals surface area contributed by atoms with Crippen LogP contribution in [0.5, 0.6) is 11.5 Å². The summed E-state index contributed by atoms with van der Waals surface area (Å²) in [5, 5.41) is 5.04. The van der Waals surface area contributed by atoms with E-state index in [0.717, 1.165) is 38.7 Å². The van der Waals surface area contributed by atoms with Crippen LogP contribution in [0.15, 0.2) is 84.9 Å². The molecule has 1 N–H and O–H groups in total. The first-order valence-corrected chi connectivity index (χ1v) is 19.6. The van der Waals surface area contributed by atoms with Crippen LogP contribution in [0.3, 0.4) is 0 Å². The lowest BCUT2D eigenvalue weighted by Gasteiger charge is -2.39. The van der Waals surface area contributed by atoms with Crippen LogP contribution < -0.4 is 10.1 Å². The molecule has 0 bridgehead atoms. The monoisotopic (exact) mass is 803 g/mol. The average Bonchev–Trinajstić information content (AvgIpc) is 3.62. The van der Waals surface area contributed by atoms with Gasteiger partial charge in [-0.05, 0) is 90.2 Å². The Morgan fingerprint density at radius 2 is 1.66 bits per heavy atom. The number of hydrogen-bond donors (Lipinski definition) is 1. The maximum atomic E-state index is 14.8. The van der Waals surface area contributed by atoms with Gasteiger partial charge in [-0.15, -0.1) is 0 Å². The number of ether oxygens (including phenoxy) is 2. The topological polar surface area (TPSA) is 55.7 Å². The van der Waals surface area contributed by atoms with Gasteiger partial charge in [0.25, 0.3) is 6.43 Å². The van der Waals surface area contributed by atoms with Gasteiger partial charge >= 0.3 is 5.97 Å². The summed E-state index contributed by atoms with van der Waals surface area (Å²) < 4.78 is 45.4. The number of esters is 1. The number of nitrogens with one attached hydrogen (secondary N) is 1. The van der Waals surface area contributed by atoms with Gasteiger partial charge in [-0.1, -0.05) is 48.5 Å². The highest BCUT2D eigenvalue weighted by molar-refractivity contribution is 14.1. The predicted octanol–water partition coefficient (Wildman–Crippen LogP) is 9.57. The lowest BCUT2D eigenvalue weighted by molar-refractivity contribution is 0.0205. The zero-order chi connectivity index (χ0) is 34.0. The fraction of sp³-hybridized carbons (Fsp3) is 0.325. The SMILES string of the molecule is O=C1OC2(c3ccccc3Oc3cccc(C(F)F)c32)c2c(Cn3c(I)cc4c(NC5CCC(N6CCSCC6)CC5)cccc43)cccc21. The summed E-state index contributed by atoms with van der Waals surface area (Å²) in [6, 6.07) is 27.2. The number of aromatic nitrogens is 1. The molecule has 1 spiro atoms. The quantitative estimate of drug-likeness (QED) is 0.136. The van der Waals surface area contributed by atoms with Gasteiger partial charge in [0.15, 0.2) is 5.60 Å². The van der Waals surface area contributed by atoms with E-state index >= 15 is 0 Å². The van der Waals surface area contributed by atoms with Crippen molar-refractivity contribution in [1.29, 1.82) is 0 Å². The number of benzene rings is 4. The van der Waals surface area contributed by atoms with Crippen LogP contribution in [0.2, 0.25) is 0 Å². The minimum atomic E-state index is -2.80. The summed E-state index contributed by atoms with van der Waals surface area (Å²) in [5.41, 5.74) is 2.89. The van der Waals surface area contributed by atoms with Gasteiger partial charge in [0.1, 0.15) is 11.5 Å². The number of para-hydroxylation sites is 1. The Hall–Kier alpha value is -3.61. The van der Waals surface area contributed by atoms with Crippen LogP contribution in [-0.4, -0.2) is 52.1 Å². The molecule has 4 heterocycles. The van der Waals surface area contributed by atoms with Gasteiger partial charge in [0.05, 0.1) is 20.3 Å². The second-order valence-corrected chi connectivity index (χ2v) is 15.9. The van der Waals surface area contributed by atoms with Crippen LogP contribution in [0.1, 0.15) is 70.3 Å². The summed E-state index contributed by atoms with van der Waals surface area (Å²) in [7, 11) is 0. The molecule has 1 saturated carbocycles. The van der Waals surface area contributed by atoms with Gasteiger partial charge in [-0.2, -0.15) is 11.8 Å². The molecular formula is C40H36F2IN3O3S. The standard InChI is InChI=1S/C40H36F2IN3O3S/c41-38(42)27-7-4-13-34-37(27)40(30-9-1-2-12-33(30)48-34)36-24(6-3-8-28(36)39(47)49-40)23-46-32-11-5-10-31(29(32)22-35(46)43)44-25-14-16-26(17-15-25)45-18-20-50-21-19-45/h1-13,22,25-26,38,44H,14-21,23H2.